The fourth-order valence-corrected chi connectivity index (χ4v) is 2.43. The molecule has 1 saturated heterocycles. The highest BCUT2D eigenvalue weighted by molar-refractivity contribution is 14.1. The minimum Gasteiger partial charge on any atom is -0.296 e. The number of pyridine rings is 1. The Bertz CT molecular complexity index is 372. The zero-order valence-electron chi connectivity index (χ0n) is 7.28. The molecule has 0 saturated carbocycles. The van der Waals surface area contributed by atoms with Crippen LogP contribution in [0.25, 0.3) is 0 Å². The van der Waals surface area contributed by atoms with Crippen molar-refractivity contribution in [3.05, 3.63) is 21.9 Å². The van der Waals surface area contributed by atoms with E-state index in [1.807, 2.05) is 12.1 Å². The molecule has 1 amide bonds. The van der Waals surface area contributed by atoms with E-state index < -0.39 is 0 Å². The van der Waals surface area contributed by atoms with E-state index in [2.05, 4.69) is 43.5 Å². The number of anilines is 1. The maximum absolute atomic E-state index is 11.5. The van der Waals surface area contributed by atoms with Crippen LogP contribution in [0, 0.1) is 3.57 Å². The van der Waals surface area contributed by atoms with Crippen molar-refractivity contribution in [3.63, 3.8) is 0 Å². The average molecular weight is 367 g/mol. The van der Waals surface area contributed by atoms with Crippen LogP contribution in [-0.2, 0) is 4.79 Å². The topological polar surface area (TPSA) is 33.2 Å². The Morgan fingerprint density at radius 1 is 1.64 bits per heavy atom. The Balaban J connectivity index is 2.27. The highest BCUT2D eigenvalue weighted by Crippen LogP contribution is 2.24. The van der Waals surface area contributed by atoms with Gasteiger partial charge in [0.05, 0.1) is 0 Å². The van der Waals surface area contributed by atoms with Crippen LogP contribution >= 0.6 is 38.5 Å². The minimum absolute atomic E-state index is 0.140. The molecule has 1 aliphatic rings. The molecule has 0 bridgehead atoms. The Morgan fingerprint density at radius 2 is 2.43 bits per heavy atom. The predicted molar refractivity (Wildman–Crippen MR) is 66.6 cm³/mol. The third-order valence-corrected chi connectivity index (χ3v) is 3.35. The minimum atomic E-state index is 0.140. The summed E-state index contributed by atoms with van der Waals surface area (Å²) >= 11 is 5.66. The summed E-state index contributed by atoms with van der Waals surface area (Å²) < 4.78 is 1.10. The summed E-state index contributed by atoms with van der Waals surface area (Å²) in [4.78, 5) is 17.7. The number of carbonyl (C=O) groups excluding carboxylic acids is 1. The van der Waals surface area contributed by atoms with E-state index in [0.29, 0.717) is 13.0 Å². The number of halogens is 2. The molecule has 3 nitrogen and oxygen atoms in total. The number of alkyl halides is 1. The molecule has 0 spiro atoms. The summed E-state index contributed by atoms with van der Waals surface area (Å²) in [5, 5.41) is 0. The van der Waals surface area contributed by atoms with Crippen LogP contribution in [0.5, 0.6) is 0 Å². The molecule has 1 atom stereocenters. The summed E-state index contributed by atoms with van der Waals surface area (Å²) in [5.74, 6) is 0.894. The number of rotatable bonds is 1. The SMILES string of the molecule is O=C1CC(Br)CN1c1cc(I)ccn1. The Hall–Kier alpha value is -0.170. The molecule has 2 rings (SSSR count). The standard InChI is InChI=1S/C9H8BrIN2O/c10-6-3-9(14)13(5-6)8-4-7(11)1-2-12-8/h1-2,4,6H,3,5H2. The third-order valence-electron chi connectivity index (χ3n) is 2.06. The van der Waals surface area contributed by atoms with Gasteiger partial charge in [0.25, 0.3) is 0 Å². The Kier molecular flexibility index (Phi) is 3.06. The van der Waals surface area contributed by atoms with E-state index >= 15 is 0 Å². The Labute approximate surface area is 104 Å². The van der Waals surface area contributed by atoms with E-state index in [-0.39, 0.29) is 10.7 Å². The van der Waals surface area contributed by atoms with E-state index in [1.54, 1.807) is 11.1 Å². The lowest BCUT2D eigenvalue weighted by Gasteiger charge is -2.14. The first kappa shape index (κ1) is 10.4. The second-order valence-corrected chi connectivity index (χ2v) is 5.68. The van der Waals surface area contributed by atoms with Crippen LogP contribution in [0.3, 0.4) is 0 Å². The molecular weight excluding hydrogens is 359 g/mol. The van der Waals surface area contributed by atoms with Crippen molar-refractivity contribution in [2.45, 2.75) is 11.2 Å². The van der Waals surface area contributed by atoms with Gasteiger partial charge in [-0.3, -0.25) is 9.69 Å². The first-order valence-corrected chi connectivity index (χ1v) is 6.22. The quantitative estimate of drug-likeness (QED) is 0.564. The van der Waals surface area contributed by atoms with Crippen molar-refractivity contribution >= 4 is 50.2 Å². The molecule has 74 valence electrons. The smallest absolute Gasteiger partial charge is 0.229 e. The van der Waals surface area contributed by atoms with Gasteiger partial charge >= 0.3 is 0 Å². The number of hydrogen-bond donors (Lipinski definition) is 0. The highest BCUT2D eigenvalue weighted by Gasteiger charge is 2.29. The van der Waals surface area contributed by atoms with Crippen molar-refractivity contribution in [1.29, 1.82) is 0 Å². The summed E-state index contributed by atoms with van der Waals surface area (Å²) in [5.41, 5.74) is 0. The molecule has 0 radical (unpaired) electrons. The summed E-state index contributed by atoms with van der Waals surface area (Å²) in [6, 6.07) is 3.83. The molecule has 1 aliphatic heterocycles. The van der Waals surface area contributed by atoms with Gasteiger partial charge in [0.2, 0.25) is 5.91 Å². The van der Waals surface area contributed by atoms with Gasteiger partial charge in [-0.2, -0.15) is 0 Å². The molecular formula is C9H8BrIN2O. The number of carbonyl (C=O) groups is 1. The van der Waals surface area contributed by atoms with E-state index in [0.717, 1.165) is 9.39 Å². The molecule has 1 aromatic heterocycles. The number of nitrogens with zero attached hydrogens (tertiary/aromatic N) is 2. The van der Waals surface area contributed by atoms with Crippen molar-refractivity contribution in [2.75, 3.05) is 11.4 Å². The van der Waals surface area contributed by atoms with Gasteiger partial charge < -0.3 is 0 Å². The zero-order valence-corrected chi connectivity index (χ0v) is 11.0. The molecule has 5 heteroatoms. The molecule has 1 aromatic rings. The van der Waals surface area contributed by atoms with Crippen LogP contribution in [0.1, 0.15) is 6.42 Å². The maximum Gasteiger partial charge on any atom is 0.229 e. The lowest BCUT2D eigenvalue weighted by molar-refractivity contribution is -0.117. The van der Waals surface area contributed by atoms with Gasteiger partial charge in [0, 0.05) is 27.6 Å². The van der Waals surface area contributed by atoms with Crippen LogP contribution < -0.4 is 4.90 Å². The normalized spacial score (nSPS) is 21.7. The fraction of sp³-hybridized carbons (Fsp3) is 0.333. The van der Waals surface area contributed by atoms with Gasteiger partial charge in [-0.25, -0.2) is 4.98 Å². The second kappa shape index (κ2) is 4.14. The average Bonchev–Trinajstić information content (AvgIpc) is 2.45. The molecule has 1 fully saturated rings. The van der Waals surface area contributed by atoms with Crippen molar-refractivity contribution in [2.24, 2.45) is 0 Å². The zero-order chi connectivity index (χ0) is 10.1. The predicted octanol–water partition coefficient (Wildman–Crippen LogP) is 2.19. The van der Waals surface area contributed by atoms with Gasteiger partial charge in [-0.05, 0) is 34.7 Å². The molecule has 14 heavy (non-hydrogen) atoms. The molecule has 0 aromatic carbocycles. The fourth-order valence-electron chi connectivity index (χ4n) is 1.43. The third kappa shape index (κ3) is 2.08. The lowest BCUT2D eigenvalue weighted by atomic mass is 10.4. The molecule has 0 aliphatic carbocycles. The number of hydrogen-bond acceptors (Lipinski definition) is 2. The maximum atomic E-state index is 11.5. The number of aromatic nitrogens is 1. The summed E-state index contributed by atoms with van der Waals surface area (Å²) in [6.07, 6.45) is 2.29. The molecule has 0 N–H and O–H groups in total. The van der Waals surface area contributed by atoms with Crippen LogP contribution in [0.4, 0.5) is 5.82 Å². The van der Waals surface area contributed by atoms with Crippen LogP contribution in [0.2, 0.25) is 0 Å². The first-order chi connectivity index (χ1) is 6.66. The summed E-state index contributed by atoms with van der Waals surface area (Å²) in [7, 11) is 0. The van der Waals surface area contributed by atoms with Crippen LogP contribution in [0.15, 0.2) is 18.3 Å². The Morgan fingerprint density at radius 3 is 3.00 bits per heavy atom. The highest BCUT2D eigenvalue weighted by atomic mass is 127. The van der Waals surface area contributed by atoms with Crippen molar-refractivity contribution in [1.82, 2.24) is 4.98 Å². The number of amides is 1. The van der Waals surface area contributed by atoms with Gasteiger partial charge in [0.1, 0.15) is 5.82 Å². The van der Waals surface area contributed by atoms with Crippen molar-refractivity contribution < 1.29 is 4.79 Å². The lowest BCUT2D eigenvalue weighted by Crippen LogP contribution is -2.25. The van der Waals surface area contributed by atoms with Gasteiger partial charge in [-0.15, -0.1) is 0 Å². The van der Waals surface area contributed by atoms with E-state index in [4.69, 9.17) is 0 Å². The van der Waals surface area contributed by atoms with Gasteiger partial charge in [-0.1, -0.05) is 15.9 Å². The monoisotopic (exact) mass is 366 g/mol. The second-order valence-electron chi connectivity index (χ2n) is 3.14. The van der Waals surface area contributed by atoms with E-state index in [1.165, 1.54) is 0 Å². The summed E-state index contributed by atoms with van der Waals surface area (Å²) in [6.45, 7) is 0.714. The molecule has 2 heterocycles. The van der Waals surface area contributed by atoms with Crippen molar-refractivity contribution in [3.8, 4) is 0 Å². The van der Waals surface area contributed by atoms with Crippen LogP contribution in [-0.4, -0.2) is 22.3 Å². The largest absolute Gasteiger partial charge is 0.296 e. The van der Waals surface area contributed by atoms with E-state index in [9.17, 15) is 4.79 Å². The van der Waals surface area contributed by atoms with Gasteiger partial charge in [0.15, 0.2) is 0 Å². The molecule has 1 unspecified atom stereocenters. The first-order valence-electron chi connectivity index (χ1n) is 4.23.